The van der Waals surface area contributed by atoms with Crippen molar-refractivity contribution in [3.05, 3.63) is 40.1 Å². The zero-order valence-electron chi connectivity index (χ0n) is 10.3. The van der Waals surface area contributed by atoms with Crippen LogP contribution >= 0.6 is 11.3 Å². The zero-order valence-corrected chi connectivity index (χ0v) is 11.2. The van der Waals surface area contributed by atoms with Crippen molar-refractivity contribution in [3.8, 4) is 5.75 Å². The molecule has 0 atom stereocenters. The molecule has 94 valence electrons. The van der Waals surface area contributed by atoms with Gasteiger partial charge in [0.1, 0.15) is 5.75 Å². The summed E-state index contributed by atoms with van der Waals surface area (Å²) in [5.41, 5.74) is 9.24. The van der Waals surface area contributed by atoms with Gasteiger partial charge in [0, 0.05) is 41.5 Å². The molecule has 1 aromatic heterocycles. The number of nitrogens with zero attached hydrogens (tertiary/aromatic N) is 1. The summed E-state index contributed by atoms with van der Waals surface area (Å²) < 4.78 is 5.28. The summed E-state index contributed by atoms with van der Waals surface area (Å²) in [5, 5.41) is 2.17. The van der Waals surface area contributed by atoms with Crippen molar-refractivity contribution < 1.29 is 4.74 Å². The van der Waals surface area contributed by atoms with Gasteiger partial charge in [0.25, 0.3) is 0 Å². The molecular weight excluding hydrogens is 244 g/mol. The fraction of sp³-hybridized carbons (Fsp3) is 0.286. The van der Waals surface area contributed by atoms with Gasteiger partial charge in [-0.15, -0.1) is 11.3 Å². The van der Waals surface area contributed by atoms with E-state index in [-0.39, 0.29) is 0 Å². The first kappa shape index (κ1) is 11.4. The molecule has 1 aromatic carbocycles. The molecule has 0 radical (unpaired) electrons. The molecule has 1 aliphatic rings. The summed E-state index contributed by atoms with van der Waals surface area (Å²) in [5.74, 6) is 0.820. The molecule has 1 aliphatic heterocycles. The van der Waals surface area contributed by atoms with E-state index in [1.165, 1.54) is 10.4 Å². The highest BCUT2D eigenvalue weighted by Crippen LogP contribution is 2.31. The van der Waals surface area contributed by atoms with E-state index in [4.69, 9.17) is 10.5 Å². The number of fused-ring (bicyclic) bond motifs is 1. The summed E-state index contributed by atoms with van der Waals surface area (Å²) >= 11 is 1.86. The van der Waals surface area contributed by atoms with Gasteiger partial charge in [-0.25, -0.2) is 0 Å². The standard InChI is InChI=1S/C14H16N2OS/c1-17-13-7-11(15)6-12(8-13)16-4-2-14-10(9-16)3-5-18-14/h3,5-8H,2,4,9,15H2,1H3. The number of benzene rings is 1. The van der Waals surface area contributed by atoms with Gasteiger partial charge < -0.3 is 15.4 Å². The van der Waals surface area contributed by atoms with Crippen molar-refractivity contribution in [2.45, 2.75) is 13.0 Å². The quantitative estimate of drug-likeness (QED) is 0.844. The number of hydrogen-bond donors (Lipinski definition) is 1. The number of thiophene rings is 1. The second-order valence-corrected chi connectivity index (χ2v) is 5.51. The molecule has 0 spiro atoms. The SMILES string of the molecule is COc1cc(N)cc(N2CCc3sccc3C2)c1. The lowest BCUT2D eigenvalue weighted by atomic mass is 10.1. The Hall–Kier alpha value is -1.68. The third-order valence-electron chi connectivity index (χ3n) is 3.32. The maximum absolute atomic E-state index is 5.91. The molecule has 3 nitrogen and oxygen atoms in total. The predicted molar refractivity (Wildman–Crippen MR) is 76.5 cm³/mol. The Morgan fingerprint density at radius 1 is 1.33 bits per heavy atom. The van der Waals surface area contributed by atoms with Crippen LogP contribution in [-0.4, -0.2) is 13.7 Å². The Balaban J connectivity index is 1.90. The highest BCUT2D eigenvalue weighted by Gasteiger charge is 2.18. The molecule has 0 fully saturated rings. The molecule has 0 saturated heterocycles. The lowest BCUT2D eigenvalue weighted by Crippen LogP contribution is -2.29. The summed E-state index contributed by atoms with van der Waals surface area (Å²) in [6.45, 7) is 2.01. The lowest BCUT2D eigenvalue weighted by Gasteiger charge is -2.29. The first-order chi connectivity index (χ1) is 8.76. The van der Waals surface area contributed by atoms with E-state index >= 15 is 0 Å². The van der Waals surface area contributed by atoms with E-state index in [2.05, 4.69) is 16.3 Å². The van der Waals surface area contributed by atoms with Crippen LogP contribution in [0.4, 0.5) is 11.4 Å². The van der Waals surface area contributed by atoms with Crippen LogP contribution < -0.4 is 15.4 Å². The average Bonchev–Trinajstić information content (AvgIpc) is 2.85. The molecule has 2 heterocycles. The van der Waals surface area contributed by atoms with Crippen molar-refractivity contribution >= 4 is 22.7 Å². The molecule has 18 heavy (non-hydrogen) atoms. The van der Waals surface area contributed by atoms with Crippen molar-refractivity contribution in [1.29, 1.82) is 0 Å². The molecule has 2 aromatic rings. The van der Waals surface area contributed by atoms with Crippen LogP contribution in [0.3, 0.4) is 0 Å². The van der Waals surface area contributed by atoms with Gasteiger partial charge >= 0.3 is 0 Å². The largest absolute Gasteiger partial charge is 0.497 e. The van der Waals surface area contributed by atoms with Crippen LogP contribution in [0.2, 0.25) is 0 Å². The van der Waals surface area contributed by atoms with Gasteiger partial charge in [0.05, 0.1) is 7.11 Å². The molecule has 2 N–H and O–H groups in total. The van der Waals surface area contributed by atoms with Crippen molar-refractivity contribution in [2.75, 3.05) is 24.3 Å². The third kappa shape index (κ3) is 2.04. The number of hydrogen-bond acceptors (Lipinski definition) is 4. The minimum atomic E-state index is 0.750. The predicted octanol–water partition coefficient (Wildman–Crippen LogP) is 2.90. The first-order valence-corrected chi connectivity index (χ1v) is 6.89. The number of nitrogen functional groups attached to an aromatic ring is 1. The maximum Gasteiger partial charge on any atom is 0.122 e. The van der Waals surface area contributed by atoms with Crippen molar-refractivity contribution in [1.82, 2.24) is 0 Å². The summed E-state index contributed by atoms with van der Waals surface area (Å²) in [6, 6.07) is 8.13. The second kappa shape index (κ2) is 4.53. The molecule has 0 bridgehead atoms. The Morgan fingerprint density at radius 2 is 2.22 bits per heavy atom. The van der Waals surface area contributed by atoms with Crippen molar-refractivity contribution in [3.63, 3.8) is 0 Å². The average molecular weight is 260 g/mol. The summed E-state index contributed by atoms with van der Waals surface area (Å²) in [7, 11) is 1.67. The Labute approximate surface area is 111 Å². The van der Waals surface area contributed by atoms with E-state index in [1.54, 1.807) is 7.11 Å². The van der Waals surface area contributed by atoms with Crippen molar-refractivity contribution in [2.24, 2.45) is 0 Å². The number of nitrogens with two attached hydrogens (primary N) is 1. The maximum atomic E-state index is 5.91. The van der Waals surface area contributed by atoms with Gasteiger partial charge in [0.15, 0.2) is 0 Å². The Morgan fingerprint density at radius 3 is 3.06 bits per heavy atom. The molecule has 0 saturated carbocycles. The minimum Gasteiger partial charge on any atom is -0.497 e. The van der Waals surface area contributed by atoms with E-state index < -0.39 is 0 Å². The zero-order chi connectivity index (χ0) is 12.5. The van der Waals surface area contributed by atoms with Crippen LogP contribution in [0.1, 0.15) is 10.4 Å². The highest BCUT2D eigenvalue weighted by atomic mass is 32.1. The molecule has 0 amide bonds. The minimum absolute atomic E-state index is 0.750. The van der Waals surface area contributed by atoms with Crippen LogP contribution in [0, 0.1) is 0 Å². The fourth-order valence-corrected chi connectivity index (χ4v) is 3.26. The first-order valence-electron chi connectivity index (χ1n) is 6.01. The van der Waals surface area contributed by atoms with Crippen LogP contribution in [0.5, 0.6) is 5.75 Å². The highest BCUT2D eigenvalue weighted by molar-refractivity contribution is 7.10. The molecule has 3 rings (SSSR count). The Bertz CT molecular complexity index is 565. The van der Waals surface area contributed by atoms with E-state index in [0.29, 0.717) is 0 Å². The smallest absolute Gasteiger partial charge is 0.122 e. The van der Waals surface area contributed by atoms with Crippen LogP contribution in [0.25, 0.3) is 0 Å². The summed E-state index contributed by atoms with van der Waals surface area (Å²) in [4.78, 5) is 3.87. The number of rotatable bonds is 2. The van der Waals surface area contributed by atoms with E-state index in [1.807, 2.05) is 29.5 Å². The van der Waals surface area contributed by atoms with Crippen LogP contribution in [-0.2, 0) is 13.0 Å². The molecule has 0 aliphatic carbocycles. The lowest BCUT2D eigenvalue weighted by molar-refractivity contribution is 0.415. The van der Waals surface area contributed by atoms with Crippen LogP contribution in [0.15, 0.2) is 29.6 Å². The number of methoxy groups -OCH3 is 1. The van der Waals surface area contributed by atoms with E-state index in [9.17, 15) is 0 Å². The molecule has 4 heteroatoms. The Kier molecular flexibility index (Phi) is 2.88. The number of ether oxygens (including phenoxy) is 1. The van der Waals surface area contributed by atoms with Gasteiger partial charge in [-0.1, -0.05) is 0 Å². The number of anilines is 2. The van der Waals surface area contributed by atoms with Gasteiger partial charge in [-0.2, -0.15) is 0 Å². The molecule has 0 unspecified atom stereocenters. The normalized spacial score (nSPS) is 14.4. The monoisotopic (exact) mass is 260 g/mol. The summed E-state index contributed by atoms with van der Waals surface area (Å²) in [6.07, 6.45) is 1.12. The van der Waals surface area contributed by atoms with Gasteiger partial charge in [-0.3, -0.25) is 0 Å². The topological polar surface area (TPSA) is 38.5 Å². The van der Waals surface area contributed by atoms with Gasteiger partial charge in [-0.05, 0) is 29.5 Å². The van der Waals surface area contributed by atoms with E-state index in [0.717, 1.165) is 36.6 Å². The third-order valence-corrected chi connectivity index (χ3v) is 4.35. The fourth-order valence-electron chi connectivity index (χ4n) is 2.38. The van der Waals surface area contributed by atoms with Gasteiger partial charge in [0.2, 0.25) is 0 Å². The molecular formula is C14H16N2OS. The second-order valence-electron chi connectivity index (χ2n) is 4.50.